The molecule has 0 radical (unpaired) electrons. The maximum atomic E-state index is 5.94. The first-order chi connectivity index (χ1) is 9.58. The van der Waals surface area contributed by atoms with E-state index in [0.717, 1.165) is 16.6 Å². The summed E-state index contributed by atoms with van der Waals surface area (Å²) >= 11 is 0. The summed E-state index contributed by atoms with van der Waals surface area (Å²) in [6, 6.07) is 6.39. The van der Waals surface area contributed by atoms with E-state index in [-0.39, 0.29) is 0 Å². The lowest BCUT2D eigenvalue weighted by atomic mass is 9.95. The van der Waals surface area contributed by atoms with E-state index in [2.05, 4.69) is 59.1 Å². The number of H-pyrrole nitrogens is 1. The number of hydrogen-bond acceptors (Lipinski definition) is 4. The molecule has 102 valence electrons. The largest absolute Gasteiger partial charge is 0.383 e. The lowest BCUT2D eigenvalue weighted by molar-refractivity contribution is 0.857. The molecular formula is C15H17N5. The highest BCUT2D eigenvalue weighted by molar-refractivity contribution is 5.97. The fourth-order valence-electron chi connectivity index (χ4n) is 2.57. The first-order valence-corrected chi connectivity index (χ1v) is 6.63. The highest BCUT2D eigenvalue weighted by Crippen LogP contribution is 2.30. The molecule has 3 N–H and O–H groups in total. The normalized spacial score (nSPS) is 11.4. The van der Waals surface area contributed by atoms with E-state index in [1.807, 2.05) is 0 Å². The van der Waals surface area contributed by atoms with Gasteiger partial charge in [-0.1, -0.05) is 26.0 Å². The summed E-state index contributed by atoms with van der Waals surface area (Å²) in [6.45, 7) is 6.51. The first-order valence-electron chi connectivity index (χ1n) is 6.63. The van der Waals surface area contributed by atoms with E-state index in [0.29, 0.717) is 17.4 Å². The van der Waals surface area contributed by atoms with Crippen molar-refractivity contribution in [2.24, 2.45) is 0 Å². The molecule has 1 aromatic carbocycles. The highest BCUT2D eigenvalue weighted by Gasteiger charge is 2.13. The Hall–Kier alpha value is -2.43. The Labute approximate surface area is 117 Å². The van der Waals surface area contributed by atoms with E-state index in [9.17, 15) is 0 Å². The van der Waals surface area contributed by atoms with Crippen LogP contribution in [0, 0.1) is 6.92 Å². The van der Waals surface area contributed by atoms with E-state index in [1.165, 1.54) is 17.5 Å². The second-order valence-electron chi connectivity index (χ2n) is 5.28. The molecule has 0 unspecified atom stereocenters. The van der Waals surface area contributed by atoms with Crippen LogP contribution in [-0.2, 0) is 0 Å². The van der Waals surface area contributed by atoms with Crippen LogP contribution in [0.4, 0.5) is 5.82 Å². The molecule has 3 aromatic rings. The minimum Gasteiger partial charge on any atom is -0.383 e. The van der Waals surface area contributed by atoms with Crippen molar-refractivity contribution in [3.05, 3.63) is 35.7 Å². The fraction of sp³-hybridized carbons (Fsp3) is 0.267. The Bertz CT molecular complexity index is 773. The third-order valence-electron chi connectivity index (χ3n) is 3.56. The third kappa shape index (κ3) is 1.91. The van der Waals surface area contributed by atoms with Crippen LogP contribution < -0.4 is 5.73 Å². The maximum absolute atomic E-state index is 5.94. The number of nitrogen functional groups attached to an aromatic ring is 1. The van der Waals surface area contributed by atoms with Crippen LogP contribution in [0.1, 0.15) is 30.9 Å². The zero-order valence-electron chi connectivity index (χ0n) is 11.8. The summed E-state index contributed by atoms with van der Waals surface area (Å²) in [7, 11) is 0. The minimum absolute atomic E-state index is 0.448. The van der Waals surface area contributed by atoms with Crippen molar-refractivity contribution in [3.8, 4) is 11.3 Å². The predicted molar refractivity (Wildman–Crippen MR) is 80.4 cm³/mol. The quantitative estimate of drug-likeness (QED) is 0.747. The molecule has 0 aliphatic heterocycles. The van der Waals surface area contributed by atoms with E-state index >= 15 is 0 Å². The predicted octanol–water partition coefficient (Wildman–Crippen LogP) is 3.03. The Morgan fingerprint density at radius 1 is 1.20 bits per heavy atom. The van der Waals surface area contributed by atoms with Crippen molar-refractivity contribution in [1.29, 1.82) is 0 Å². The van der Waals surface area contributed by atoms with Gasteiger partial charge >= 0.3 is 0 Å². The smallest absolute Gasteiger partial charge is 0.186 e. The molecule has 3 rings (SSSR count). The van der Waals surface area contributed by atoms with Gasteiger partial charge in [-0.2, -0.15) is 5.10 Å². The van der Waals surface area contributed by atoms with Crippen LogP contribution in [0.2, 0.25) is 0 Å². The Balaban J connectivity index is 2.19. The van der Waals surface area contributed by atoms with E-state index < -0.39 is 0 Å². The summed E-state index contributed by atoms with van der Waals surface area (Å²) in [6.07, 6.45) is 1.43. The van der Waals surface area contributed by atoms with E-state index in [1.54, 1.807) is 0 Å². The summed E-state index contributed by atoms with van der Waals surface area (Å²) in [4.78, 5) is 8.16. The van der Waals surface area contributed by atoms with Crippen molar-refractivity contribution in [2.75, 3.05) is 5.73 Å². The number of aromatic nitrogens is 4. The van der Waals surface area contributed by atoms with Gasteiger partial charge in [0.25, 0.3) is 0 Å². The molecule has 5 heteroatoms. The number of nitrogens with one attached hydrogen (secondary N) is 1. The molecule has 5 nitrogen and oxygen atoms in total. The van der Waals surface area contributed by atoms with Gasteiger partial charge in [0.1, 0.15) is 12.1 Å². The SMILES string of the molecule is Cc1cc(-c2[nH]nc3ncnc(N)c23)ccc1C(C)C. The summed E-state index contributed by atoms with van der Waals surface area (Å²) < 4.78 is 0. The molecule has 2 aromatic heterocycles. The Kier molecular flexibility index (Phi) is 2.89. The average molecular weight is 267 g/mol. The molecule has 0 spiro atoms. The van der Waals surface area contributed by atoms with Crippen LogP contribution in [0.3, 0.4) is 0 Å². The molecule has 0 saturated carbocycles. The van der Waals surface area contributed by atoms with Gasteiger partial charge in [0.15, 0.2) is 5.65 Å². The first kappa shape index (κ1) is 12.6. The minimum atomic E-state index is 0.448. The van der Waals surface area contributed by atoms with Gasteiger partial charge in [0.2, 0.25) is 0 Å². The topological polar surface area (TPSA) is 80.5 Å². The summed E-state index contributed by atoms with van der Waals surface area (Å²) in [5, 5.41) is 7.98. The summed E-state index contributed by atoms with van der Waals surface area (Å²) in [5.41, 5.74) is 11.1. The monoisotopic (exact) mass is 267 g/mol. The second kappa shape index (κ2) is 4.59. The number of fused-ring (bicyclic) bond motifs is 1. The molecule has 0 fully saturated rings. The lowest BCUT2D eigenvalue weighted by Gasteiger charge is -2.11. The molecule has 0 amide bonds. The number of aromatic amines is 1. The van der Waals surface area contributed by atoms with Gasteiger partial charge in [-0.05, 0) is 30.0 Å². The molecule has 0 aliphatic carbocycles. The van der Waals surface area contributed by atoms with Gasteiger partial charge < -0.3 is 5.73 Å². The number of anilines is 1. The molecule has 0 aliphatic rings. The van der Waals surface area contributed by atoms with Gasteiger partial charge in [-0.25, -0.2) is 9.97 Å². The van der Waals surface area contributed by atoms with Crippen molar-refractivity contribution in [2.45, 2.75) is 26.7 Å². The molecular weight excluding hydrogens is 250 g/mol. The third-order valence-corrected chi connectivity index (χ3v) is 3.56. The number of nitrogens with two attached hydrogens (primary N) is 1. The summed E-state index contributed by atoms with van der Waals surface area (Å²) in [5.74, 6) is 0.959. The van der Waals surface area contributed by atoms with Crippen LogP contribution in [0.25, 0.3) is 22.3 Å². The standard InChI is InChI=1S/C15H17N5/c1-8(2)11-5-4-10(6-9(11)3)13-12-14(16)17-7-18-15(12)20-19-13/h4-8H,1-3H3,(H3,16,17,18,19,20). The van der Waals surface area contributed by atoms with Crippen LogP contribution in [0.15, 0.2) is 24.5 Å². The molecule has 0 bridgehead atoms. The number of benzene rings is 1. The number of rotatable bonds is 2. The van der Waals surface area contributed by atoms with Crippen LogP contribution in [-0.4, -0.2) is 20.2 Å². The molecule has 0 saturated heterocycles. The zero-order valence-corrected chi connectivity index (χ0v) is 11.8. The van der Waals surface area contributed by atoms with Gasteiger partial charge in [-0.3, -0.25) is 5.10 Å². The lowest BCUT2D eigenvalue weighted by Crippen LogP contribution is -1.94. The fourth-order valence-corrected chi connectivity index (χ4v) is 2.57. The van der Waals surface area contributed by atoms with Gasteiger partial charge in [-0.15, -0.1) is 0 Å². The van der Waals surface area contributed by atoms with Gasteiger partial charge in [0, 0.05) is 5.56 Å². The van der Waals surface area contributed by atoms with E-state index in [4.69, 9.17) is 5.73 Å². The number of nitrogens with zero attached hydrogens (tertiary/aromatic N) is 3. The molecule has 2 heterocycles. The Morgan fingerprint density at radius 3 is 2.70 bits per heavy atom. The zero-order chi connectivity index (χ0) is 14.3. The molecule has 0 atom stereocenters. The van der Waals surface area contributed by atoms with Crippen LogP contribution in [0.5, 0.6) is 0 Å². The van der Waals surface area contributed by atoms with Crippen molar-refractivity contribution in [3.63, 3.8) is 0 Å². The molecule has 20 heavy (non-hydrogen) atoms. The van der Waals surface area contributed by atoms with Gasteiger partial charge in [0.05, 0.1) is 11.1 Å². The van der Waals surface area contributed by atoms with Crippen molar-refractivity contribution >= 4 is 16.9 Å². The Morgan fingerprint density at radius 2 is 2.00 bits per heavy atom. The number of hydrogen-bond donors (Lipinski definition) is 2. The second-order valence-corrected chi connectivity index (χ2v) is 5.28. The average Bonchev–Trinajstić information content (AvgIpc) is 2.83. The number of aryl methyl sites for hydroxylation is 1. The van der Waals surface area contributed by atoms with Crippen LogP contribution >= 0.6 is 0 Å². The highest BCUT2D eigenvalue weighted by atomic mass is 15.2. The van der Waals surface area contributed by atoms with Crippen molar-refractivity contribution < 1.29 is 0 Å². The van der Waals surface area contributed by atoms with Crippen molar-refractivity contribution in [1.82, 2.24) is 20.2 Å². The maximum Gasteiger partial charge on any atom is 0.186 e.